The Morgan fingerprint density at radius 2 is 1.70 bits per heavy atom. The van der Waals surface area contributed by atoms with Crippen LogP contribution < -0.4 is 5.32 Å². The fourth-order valence-electron chi connectivity index (χ4n) is 4.03. The van der Waals surface area contributed by atoms with Gasteiger partial charge in [0.25, 0.3) is 5.91 Å². The summed E-state index contributed by atoms with van der Waals surface area (Å²) in [6.07, 6.45) is 6.61. The molecule has 0 radical (unpaired) electrons. The van der Waals surface area contributed by atoms with Crippen molar-refractivity contribution in [3.63, 3.8) is 0 Å². The highest BCUT2D eigenvalue weighted by molar-refractivity contribution is 5.94. The van der Waals surface area contributed by atoms with E-state index < -0.39 is 0 Å². The van der Waals surface area contributed by atoms with Gasteiger partial charge in [0.05, 0.1) is 12.6 Å². The van der Waals surface area contributed by atoms with E-state index in [1.54, 1.807) is 11.0 Å². The highest BCUT2D eigenvalue weighted by atomic mass is 16.1. The molecular formula is C23H28N6O. The third-order valence-corrected chi connectivity index (χ3v) is 5.67. The van der Waals surface area contributed by atoms with Gasteiger partial charge in [-0.15, -0.1) is 5.10 Å². The molecule has 1 saturated heterocycles. The van der Waals surface area contributed by atoms with Crippen LogP contribution in [0.15, 0.2) is 60.9 Å². The molecule has 2 aromatic carbocycles. The molecular weight excluding hydrogens is 376 g/mol. The molecule has 7 nitrogen and oxygen atoms in total. The summed E-state index contributed by atoms with van der Waals surface area (Å²) in [7, 11) is 0. The van der Waals surface area contributed by atoms with Crippen LogP contribution in [0.1, 0.15) is 53.2 Å². The Morgan fingerprint density at radius 3 is 2.37 bits per heavy atom. The van der Waals surface area contributed by atoms with Crippen molar-refractivity contribution in [1.29, 1.82) is 0 Å². The van der Waals surface area contributed by atoms with Crippen LogP contribution in [0.3, 0.4) is 0 Å². The summed E-state index contributed by atoms with van der Waals surface area (Å²) in [5.41, 5.74) is 2.97. The van der Waals surface area contributed by atoms with Gasteiger partial charge in [0.2, 0.25) is 0 Å². The van der Waals surface area contributed by atoms with Gasteiger partial charge in [-0.3, -0.25) is 9.69 Å². The first kappa shape index (κ1) is 20.2. The van der Waals surface area contributed by atoms with Crippen LogP contribution in [0.25, 0.3) is 0 Å². The van der Waals surface area contributed by atoms with E-state index in [9.17, 15) is 4.79 Å². The van der Waals surface area contributed by atoms with Crippen LogP contribution in [0, 0.1) is 0 Å². The van der Waals surface area contributed by atoms with Crippen LogP contribution in [-0.4, -0.2) is 50.6 Å². The topological polar surface area (TPSA) is 75.9 Å². The average molecular weight is 405 g/mol. The van der Waals surface area contributed by atoms with Gasteiger partial charge in [0.1, 0.15) is 6.33 Å². The zero-order valence-electron chi connectivity index (χ0n) is 17.2. The molecule has 4 rings (SSSR count). The first-order chi connectivity index (χ1) is 14.8. The molecule has 2 heterocycles. The van der Waals surface area contributed by atoms with Crippen molar-refractivity contribution in [2.24, 2.45) is 0 Å². The number of nitrogens with one attached hydrogen (secondary N) is 1. The van der Waals surface area contributed by atoms with E-state index in [-0.39, 0.29) is 11.9 Å². The Bertz CT molecular complexity index is 903. The van der Waals surface area contributed by atoms with Gasteiger partial charge >= 0.3 is 0 Å². The number of hydrogen-bond donors (Lipinski definition) is 1. The maximum absolute atomic E-state index is 12.8. The number of likely N-dealkylation sites (tertiary alicyclic amines) is 1. The summed E-state index contributed by atoms with van der Waals surface area (Å²) >= 11 is 0. The molecule has 0 spiro atoms. The van der Waals surface area contributed by atoms with E-state index >= 15 is 0 Å². The average Bonchev–Trinajstić information content (AvgIpc) is 3.15. The molecule has 1 atom stereocenters. The van der Waals surface area contributed by atoms with Gasteiger partial charge < -0.3 is 5.32 Å². The molecule has 0 saturated carbocycles. The van der Waals surface area contributed by atoms with E-state index in [1.807, 2.05) is 30.3 Å². The summed E-state index contributed by atoms with van der Waals surface area (Å²) in [6, 6.07) is 18.3. The first-order valence-corrected chi connectivity index (χ1v) is 10.7. The third kappa shape index (κ3) is 5.30. The smallest absolute Gasteiger partial charge is 0.251 e. The zero-order valence-corrected chi connectivity index (χ0v) is 17.2. The van der Waals surface area contributed by atoms with Crippen molar-refractivity contribution in [3.8, 4) is 0 Å². The predicted octanol–water partition coefficient (Wildman–Crippen LogP) is 3.07. The number of carbonyl (C=O) groups is 1. The zero-order chi connectivity index (χ0) is 20.6. The summed E-state index contributed by atoms with van der Waals surface area (Å²) < 4.78 is 1.65. The lowest BCUT2D eigenvalue weighted by Crippen LogP contribution is -2.38. The summed E-state index contributed by atoms with van der Waals surface area (Å²) in [5.74, 6) is -0.0419. The van der Waals surface area contributed by atoms with Crippen LogP contribution >= 0.6 is 0 Å². The molecule has 0 bridgehead atoms. The van der Waals surface area contributed by atoms with Crippen molar-refractivity contribution in [2.75, 3.05) is 19.6 Å². The molecule has 7 heteroatoms. The molecule has 1 amide bonds. The van der Waals surface area contributed by atoms with Crippen LogP contribution in [-0.2, 0) is 6.54 Å². The number of aromatic nitrogens is 4. The number of benzene rings is 2. The number of carbonyl (C=O) groups excluding carboxylic acids is 1. The Morgan fingerprint density at radius 1 is 0.967 bits per heavy atom. The van der Waals surface area contributed by atoms with Crippen LogP contribution in [0.5, 0.6) is 0 Å². The number of hydrogen-bond acceptors (Lipinski definition) is 5. The molecule has 3 aromatic rings. The fourth-order valence-corrected chi connectivity index (χ4v) is 4.03. The molecule has 1 N–H and O–H groups in total. The SMILES string of the molecule is O=C(NC[C@H](c1ccccc1)N1CCCCCC1)c1ccc(Cn2cnnn2)cc1. The lowest BCUT2D eigenvalue weighted by molar-refractivity contribution is 0.0933. The number of tetrazole rings is 1. The Kier molecular flexibility index (Phi) is 6.82. The van der Waals surface area contributed by atoms with Crippen molar-refractivity contribution >= 4 is 5.91 Å². The molecule has 30 heavy (non-hydrogen) atoms. The molecule has 1 fully saturated rings. The molecule has 1 aromatic heterocycles. The van der Waals surface area contributed by atoms with Crippen molar-refractivity contribution in [2.45, 2.75) is 38.3 Å². The Labute approximate surface area is 177 Å². The second kappa shape index (κ2) is 10.1. The second-order valence-electron chi connectivity index (χ2n) is 7.79. The van der Waals surface area contributed by atoms with Crippen molar-refractivity contribution < 1.29 is 4.79 Å². The van der Waals surface area contributed by atoms with E-state index in [0.29, 0.717) is 18.7 Å². The summed E-state index contributed by atoms with van der Waals surface area (Å²) in [4.78, 5) is 15.3. The Balaban J connectivity index is 1.40. The van der Waals surface area contributed by atoms with Gasteiger partial charge in [-0.05, 0) is 59.6 Å². The minimum absolute atomic E-state index is 0.0419. The summed E-state index contributed by atoms with van der Waals surface area (Å²) in [6.45, 7) is 3.36. The minimum Gasteiger partial charge on any atom is -0.350 e. The molecule has 1 aliphatic rings. The quantitative estimate of drug-likeness (QED) is 0.655. The minimum atomic E-state index is -0.0419. The van der Waals surface area contributed by atoms with Gasteiger partial charge in [-0.1, -0.05) is 55.3 Å². The van der Waals surface area contributed by atoms with E-state index in [2.05, 4.69) is 50.0 Å². The highest BCUT2D eigenvalue weighted by Gasteiger charge is 2.22. The normalized spacial score (nSPS) is 16.0. The van der Waals surface area contributed by atoms with Gasteiger partial charge in [0, 0.05) is 12.1 Å². The molecule has 156 valence electrons. The summed E-state index contributed by atoms with van der Waals surface area (Å²) in [5, 5.41) is 14.3. The van der Waals surface area contributed by atoms with E-state index in [1.165, 1.54) is 31.2 Å². The lowest BCUT2D eigenvalue weighted by atomic mass is 10.0. The largest absolute Gasteiger partial charge is 0.350 e. The Hall–Kier alpha value is -3.06. The maximum atomic E-state index is 12.8. The number of amides is 1. The number of nitrogens with zero attached hydrogens (tertiary/aromatic N) is 5. The molecule has 0 aliphatic carbocycles. The van der Waals surface area contributed by atoms with Crippen molar-refractivity contribution in [3.05, 3.63) is 77.6 Å². The van der Waals surface area contributed by atoms with Gasteiger partial charge in [-0.25, -0.2) is 4.68 Å². The van der Waals surface area contributed by atoms with Gasteiger partial charge in [-0.2, -0.15) is 0 Å². The third-order valence-electron chi connectivity index (χ3n) is 5.67. The predicted molar refractivity (Wildman–Crippen MR) is 115 cm³/mol. The fraction of sp³-hybridized carbons (Fsp3) is 0.391. The van der Waals surface area contributed by atoms with E-state index in [0.717, 1.165) is 18.7 Å². The van der Waals surface area contributed by atoms with Crippen LogP contribution in [0.4, 0.5) is 0 Å². The monoisotopic (exact) mass is 404 g/mol. The lowest BCUT2D eigenvalue weighted by Gasteiger charge is -2.31. The standard InChI is InChI=1S/C23H28N6O/c30-23(21-12-10-19(11-13-21)17-29-18-25-26-27-29)24-16-22(20-8-4-3-5-9-20)28-14-6-1-2-7-15-28/h3-5,8-13,18,22H,1-2,6-7,14-17H2,(H,24,30)/t22-/m1/s1. The first-order valence-electron chi connectivity index (χ1n) is 10.7. The highest BCUT2D eigenvalue weighted by Crippen LogP contribution is 2.24. The second-order valence-corrected chi connectivity index (χ2v) is 7.79. The van der Waals surface area contributed by atoms with Crippen LogP contribution in [0.2, 0.25) is 0 Å². The van der Waals surface area contributed by atoms with E-state index in [4.69, 9.17) is 0 Å². The maximum Gasteiger partial charge on any atom is 0.251 e. The van der Waals surface area contributed by atoms with Crippen molar-refractivity contribution in [1.82, 2.24) is 30.4 Å². The molecule has 1 aliphatic heterocycles. The molecule has 0 unspecified atom stereocenters. The number of rotatable bonds is 7. The van der Waals surface area contributed by atoms with Gasteiger partial charge in [0.15, 0.2) is 0 Å².